The Morgan fingerprint density at radius 1 is 1.16 bits per heavy atom. The highest BCUT2D eigenvalue weighted by Crippen LogP contribution is 2.27. The first-order chi connectivity index (χ1) is 15.3. The van der Waals surface area contributed by atoms with Gasteiger partial charge in [0.15, 0.2) is 6.61 Å². The minimum Gasteiger partial charge on any atom is -0.480 e. The molecule has 1 heterocycles. The van der Waals surface area contributed by atoms with Crippen LogP contribution >= 0.6 is 12.6 Å². The van der Waals surface area contributed by atoms with Crippen molar-refractivity contribution < 1.29 is 24.2 Å². The molecule has 0 aliphatic rings. The molecule has 10 nitrogen and oxygen atoms in total. The number of pyridine rings is 1. The van der Waals surface area contributed by atoms with E-state index in [9.17, 15) is 19.5 Å². The second-order valence-corrected chi connectivity index (χ2v) is 7.36. The number of primary amides is 1. The SMILES string of the molecule is NC(=O)CCC(NC(=O)COc1nc(-c2ccccc2)ccc1NCC(N)CS)C(=O)O. The molecule has 2 atom stereocenters. The number of carboxylic acid groups (broad SMARTS) is 1. The summed E-state index contributed by atoms with van der Waals surface area (Å²) in [6, 6.07) is 11.5. The van der Waals surface area contributed by atoms with Crippen LogP contribution in [-0.4, -0.2) is 58.9 Å². The van der Waals surface area contributed by atoms with E-state index >= 15 is 0 Å². The third-order valence-electron chi connectivity index (χ3n) is 4.37. The second-order valence-electron chi connectivity index (χ2n) is 6.99. The van der Waals surface area contributed by atoms with Crippen molar-refractivity contribution in [3.8, 4) is 17.1 Å². The predicted molar refractivity (Wildman–Crippen MR) is 123 cm³/mol. The number of hydrogen-bond acceptors (Lipinski definition) is 8. The fourth-order valence-corrected chi connectivity index (χ4v) is 2.80. The van der Waals surface area contributed by atoms with E-state index in [1.54, 1.807) is 12.1 Å². The predicted octanol–water partition coefficient (Wildman–Crippen LogP) is 0.631. The summed E-state index contributed by atoms with van der Waals surface area (Å²) in [6.45, 7) is -0.0640. The van der Waals surface area contributed by atoms with Gasteiger partial charge in [0, 0.05) is 30.3 Å². The van der Waals surface area contributed by atoms with Crippen LogP contribution in [0.3, 0.4) is 0 Å². The van der Waals surface area contributed by atoms with Gasteiger partial charge in [-0.3, -0.25) is 9.59 Å². The van der Waals surface area contributed by atoms with Gasteiger partial charge in [0.25, 0.3) is 5.91 Å². The number of anilines is 1. The Morgan fingerprint density at radius 3 is 2.50 bits per heavy atom. The summed E-state index contributed by atoms with van der Waals surface area (Å²) >= 11 is 4.16. The van der Waals surface area contributed by atoms with Gasteiger partial charge >= 0.3 is 5.97 Å². The van der Waals surface area contributed by atoms with E-state index in [0.717, 1.165) is 5.56 Å². The first-order valence-corrected chi connectivity index (χ1v) is 10.5. The van der Waals surface area contributed by atoms with Crippen molar-refractivity contribution in [3.05, 3.63) is 42.5 Å². The zero-order valence-electron chi connectivity index (χ0n) is 17.4. The maximum absolute atomic E-state index is 12.3. The van der Waals surface area contributed by atoms with Gasteiger partial charge in [-0.1, -0.05) is 30.3 Å². The van der Waals surface area contributed by atoms with Gasteiger partial charge in [0.1, 0.15) is 6.04 Å². The molecule has 0 aliphatic heterocycles. The van der Waals surface area contributed by atoms with Crippen molar-refractivity contribution in [2.75, 3.05) is 24.2 Å². The van der Waals surface area contributed by atoms with E-state index in [1.165, 1.54) is 0 Å². The highest BCUT2D eigenvalue weighted by molar-refractivity contribution is 7.80. The van der Waals surface area contributed by atoms with E-state index < -0.39 is 30.4 Å². The summed E-state index contributed by atoms with van der Waals surface area (Å²) in [4.78, 5) is 39.0. The number of nitrogens with zero attached hydrogens (tertiary/aromatic N) is 1. The number of aliphatic carboxylic acids is 1. The number of hydrogen-bond donors (Lipinski definition) is 6. The summed E-state index contributed by atoms with van der Waals surface area (Å²) in [5.41, 5.74) is 13.0. The van der Waals surface area contributed by atoms with E-state index in [2.05, 4.69) is 28.2 Å². The lowest BCUT2D eigenvalue weighted by Crippen LogP contribution is -2.43. The van der Waals surface area contributed by atoms with Gasteiger partial charge in [-0.15, -0.1) is 0 Å². The minimum absolute atomic E-state index is 0.118. The average Bonchev–Trinajstić information content (AvgIpc) is 2.79. The number of aromatic nitrogens is 1. The lowest BCUT2D eigenvalue weighted by Gasteiger charge is -2.17. The molecule has 2 unspecified atom stereocenters. The summed E-state index contributed by atoms with van der Waals surface area (Å²) in [5.74, 6) is -1.96. The summed E-state index contributed by atoms with van der Waals surface area (Å²) < 4.78 is 5.60. The lowest BCUT2D eigenvalue weighted by atomic mass is 10.1. The summed E-state index contributed by atoms with van der Waals surface area (Å²) in [5, 5.41) is 14.7. The standard InChI is InChI=1S/C21H27N5O5S/c22-14(12-32)10-24-16-7-6-15(13-4-2-1-3-5-13)26-20(16)31-11-19(28)25-17(21(29)30)8-9-18(23)27/h1-7,14,17,24,32H,8-12,22H2,(H2,23,27)(H,25,28)(H,29,30). The molecule has 0 saturated carbocycles. The quantitative estimate of drug-likeness (QED) is 0.236. The molecule has 0 fully saturated rings. The number of carbonyl (C=O) groups excluding carboxylic acids is 2. The molecule has 7 N–H and O–H groups in total. The van der Waals surface area contributed by atoms with Gasteiger partial charge in [-0.2, -0.15) is 12.6 Å². The zero-order valence-corrected chi connectivity index (χ0v) is 18.3. The average molecular weight is 462 g/mol. The van der Waals surface area contributed by atoms with Crippen LogP contribution in [0.25, 0.3) is 11.3 Å². The Kier molecular flexibility index (Phi) is 9.76. The smallest absolute Gasteiger partial charge is 0.326 e. The molecule has 11 heteroatoms. The van der Waals surface area contributed by atoms with Crippen molar-refractivity contribution in [2.24, 2.45) is 11.5 Å². The first kappa shape index (κ1) is 25.0. The Labute approximate surface area is 191 Å². The number of carboxylic acids is 1. The van der Waals surface area contributed by atoms with Crippen LogP contribution in [0.15, 0.2) is 42.5 Å². The molecule has 1 aromatic carbocycles. The monoisotopic (exact) mass is 461 g/mol. The Morgan fingerprint density at radius 2 is 1.88 bits per heavy atom. The van der Waals surface area contributed by atoms with Crippen LogP contribution in [0.4, 0.5) is 5.69 Å². The third-order valence-corrected chi connectivity index (χ3v) is 4.84. The molecule has 2 aromatic rings. The van der Waals surface area contributed by atoms with Crippen LogP contribution in [0.5, 0.6) is 5.88 Å². The van der Waals surface area contributed by atoms with Crippen LogP contribution in [0.1, 0.15) is 12.8 Å². The molecule has 2 amide bonds. The summed E-state index contributed by atoms with van der Waals surface area (Å²) in [6.07, 6.45) is -0.287. The normalized spacial score (nSPS) is 12.4. The van der Waals surface area contributed by atoms with E-state index in [0.29, 0.717) is 23.7 Å². The molecular formula is C21H27N5O5S. The molecule has 0 spiro atoms. The van der Waals surface area contributed by atoms with Crippen molar-refractivity contribution in [3.63, 3.8) is 0 Å². The van der Waals surface area contributed by atoms with E-state index in [4.69, 9.17) is 16.2 Å². The number of thiol groups is 1. The molecule has 0 aliphatic carbocycles. The molecule has 2 rings (SSSR count). The first-order valence-electron chi connectivity index (χ1n) is 9.90. The third kappa shape index (κ3) is 8.08. The fraction of sp³-hybridized carbons (Fsp3) is 0.333. The van der Waals surface area contributed by atoms with Gasteiger partial charge in [-0.25, -0.2) is 9.78 Å². The molecule has 1 aromatic heterocycles. The van der Waals surface area contributed by atoms with Gasteiger partial charge in [0.2, 0.25) is 11.8 Å². The second kappa shape index (κ2) is 12.5. The van der Waals surface area contributed by atoms with Crippen LogP contribution in [0.2, 0.25) is 0 Å². The highest BCUT2D eigenvalue weighted by atomic mass is 32.1. The Bertz CT molecular complexity index is 928. The maximum Gasteiger partial charge on any atom is 0.326 e. The number of nitrogens with one attached hydrogen (secondary N) is 2. The van der Waals surface area contributed by atoms with Crippen molar-refractivity contribution in [1.82, 2.24) is 10.3 Å². The van der Waals surface area contributed by atoms with Gasteiger partial charge < -0.3 is 31.9 Å². The van der Waals surface area contributed by atoms with Crippen molar-refractivity contribution in [2.45, 2.75) is 24.9 Å². The highest BCUT2D eigenvalue weighted by Gasteiger charge is 2.21. The molecule has 0 radical (unpaired) electrons. The molecule has 0 bridgehead atoms. The fourth-order valence-electron chi connectivity index (χ4n) is 2.67. The minimum atomic E-state index is -1.27. The Hall–Kier alpha value is -3.31. The number of amides is 2. The Balaban J connectivity index is 2.12. The largest absolute Gasteiger partial charge is 0.480 e. The molecule has 0 saturated heterocycles. The topological polar surface area (TPSA) is 170 Å². The number of rotatable bonds is 13. The number of carbonyl (C=O) groups is 3. The summed E-state index contributed by atoms with van der Waals surface area (Å²) in [7, 11) is 0. The number of ether oxygens (including phenoxy) is 1. The molecule has 172 valence electrons. The van der Waals surface area contributed by atoms with Gasteiger partial charge in [-0.05, 0) is 18.6 Å². The molecule has 32 heavy (non-hydrogen) atoms. The van der Waals surface area contributed by atoms with E-state index in [1.807, 2.05) is 30.3 Å². The van der Waals surface area contributed by atoms with Crippen molar-refractivity contribution in [1.29, 1.82) is 0 Å². The van der Waals surface area contributed by atoms with Crippen LogP contribution in [0, 0.1) is 0 Å². The number of benzene rings is 1. The van der Waals surface area contributed by atoms with Crippen LogP contribution in [-0.2, 0) is 14.4 Å². The zero-order chi connectivity index (χ0) is 23.5. The van der Waals surface area contributed by atoms with Crippen molar-refractivity contribution >= 4 is 36.1 Å². The van der Waals surface area contributed by atoms with Gasteiger partial charge in [0.05, 0.1) is 11.4 Å². The van der Waals surface area contributed by atoms with E-state index in [-0.39, 0.29) is 24.8 Å². The number of nitrogens with two attached hydrogens (primary N) is 2. The van der Waals surface area contributed by atoms with Crippen LogP contribution < -0.4 is 26.8 Å². The molecular weight excluding hydrogens is 434 g/mol. The maximum atomic E-state index is 12.3. The lowest BCUT2D eigenvalue weighted by molar-refractivity contribution is -0.142.